The Bertz CT molecular complexity index is 974. The van der Waals surface area contributed by atoms with Gasteiger partial charge in [-0.05, 0) is 50.3 Å². The number of aryl methyl sites for hydroxylation is 1. The smallest absolute Gasteiger partial charge is 0.342 e. The summed E-state index contributed by atoms with van der Waals surface area (Å²) in [6, 6.07) is 2.73. The zero-order valence-corrected chi connectivity index (χ0v) is 16.8. The predicted molar refractivity (Wildman–Crippen MR) is 105 cm³/mol. The van der Waals surface area contributed by atoms with Crippen LogP contribution in [0.4, 0.5) is 19.5 Å². The Labute approximate surface area is 170 Å². The summed E-state index contributed by atoms with van der Waals surface area (Å²) >= 11 is 1.34. The van der Waals surface area contributed by atoms with E-state index < -0.39 is 29.6 Å². The summed E-state index contributed by atoms with van der Waals surface area (Å²) in [6.45, 7) is 2.70. The van der Waals surface area contributed by atoms with Crippen LogP contribution in [0.25, 0.3) is 0 Å². The van der Waals surface area contributed by atoms with Gasteiger partial charge in [0, 0.05) is 17.9 Å². The molecule has 3 rings (SSSR count). The molecule has 9 heteroatoms. The predicted octanol–water partition coefficient (Wildman–Crippen LogP) is 4.05. The Kier molecular flexibility index (Phi) is 6.26. The standard InChI is InChI=1S/C20H20F2N2O4S/c1-10(18(26)24-15-8-7-12(21)9-14(15)22)28-20(27)17-13-5-3-4-6-16(13)29-19(17)23-11(2)25/h7-10H,3-6H2,1-2H3,(H,23,25)(H,24,26). The quantitative estimate of drug-likeness (QED) is 0.712. The van der Waals surface area contributed by atoms with Gasteiger partial charge >= 0.3 is 5.97 Å². The van der Waals surface area contributed by atoms with Crippen LogP contribution >= 0.6 is 11.3 Å². The van der Waals surface area contributed by atoms with Crippen LogP contribution in [0, 0.1) is 11.6 Å². The van der Waals surface area contributed by atoms with Gasteiger partial charge in [-0.15, -0.1) is 11.3 Å². The Hall–Kier alpha value is -2.81. The van der Waals surface area contributed by atoms with Gasteiger partial charge in [0.2, 0.25) is 5.91 Å². The molecule has 0 radical (unpaired) electrons. The third-order valence-corrected chi connectivity index (χ3v) is 5.71. The number of ether oxygens (including phenoxy) is 1. The molecular formula is C20H20F2N2O4S. The fourth-order valence-electron chi connectivity index (χ4n) is 3.13. The molecule has 0 saturated heterocycles. The Balaban J connectivity index is 1.76. The molecule has 2 amide bonds. The van der Waals surface area contributed by atoms with E-state index in [1.54, 1.807) is 0 Å². The highest BCUT2D eigenvalue weighted by molar-refractivity contribution is 7.17. The molecule has 0 fully saturated rings. The third kappa shape index (κ3) is 4.79. The van der Waals surface area contributed by atoms with E-state index in [1.165, 1.54) is 25.2 Å². The van der Waals surface area contributed by atoms with Crippen molar-refractivity contribution in [3.8, 4) is 0 Å². The van der Waals surface area contributed by atoms with Crippen molar-refractivity contribution in [2.24, 2.45) is 0 Å². The second-order valence-electron chi connectivity index (χ2n) is 6.76. The number of hydrogen-bond acceptors (Lipinski definition) is 5. The van der Waals surface area contributed by atoms with Crippen LogP contribution in [0.5, 0.6) is 0 Å². The maximum atomic E-state index is 13.7. The van der Waals surface area contributed by atoms with Crippen molar-refractivity contribution < 1.29 is 27.9 Å². The van der Waals surface area contributed by atoms with Crippen molar-refractivity contribution in [1.82, 2.24) is 0 Å². The highest BCUT2D eigenvalue weighted by atomic mass is 32.1. The van der Waals surface area contributed by atoms with Crippen LogP contribution in [-0.4, -0.2) is 23.9 Å². The number of halogens is 2. The number of nitrogens with one attached hydrogen (secondary N) is 2. The number of amides is 2. The summed E-state index contributed by atoms with van der Waals surface area (Å²) in [7, 11) is 0. The molecule has 29 heavy (non-hydrogen) atoms. The van der Waals surface area contributed by atoms with Gasteiger partial charge in [-0.25, -0.2) is 13.6 Å². The number of esters is 1. The minimum atomic E-state index is -1.23. The molecule has 0 spiro atoms. The van der Waals surface area contributed by atoms with Gasteiger partial charge in [0.25, 0.3) is 5.91 Å². The molecule has 1 atom stereocenters. The van der Waals surface area contributed by atoms with Gasteiger partial charge in [-0.2, -0.15) is 0 Å². The molecule has 1 aromatic heterocycles. The van der Waals surface area contributed by atoms with Crippen LogP contribution in [-0.2, 0) is 27.2 Å². The number of carbonyl (C=O) groups is 3. The first-order valence-electron chi connectivity index (χ1n) is 9.15. The molecule has 1 aliphatic carbocycles. The van der Waals surface area contributed by atoms with E-state index >= 15 is 0 Å². The fraction of sp³-hybridized carbons (Fsp3) is 0.350. The molecule has 2 aromatic rings. The molecule has 154 valence electrons. The fourth-order valence-corrected chi connectivity index (χ4v) is 4.45. The highest BCUT2D eigenvalue weighted by Gasteiger charge is 2.29. The van der Waals surface area contributed by atoms with Crippen LogP contribution in [0.15, 0.2) is 18.2 Å². The minimum absolute atomic E-state index is 0.217. The van der Waals surface area contributed by atoms with Gasteiger partial charge in [-0.3, -0.25) is 9.59 Å². The molecule has 6 nitrogen and oxygen atoms in total. The topological polar surface area (TPSA) is 84.5 Å². The van der Waals surface area contributed by atoms with Crippen LogP contribution < -0.4 is 10.6 Å². The summed E-state index contributed by atoms with van der Waals surface area (Å²) < 4.78 is 32.0. The van der Waals surface area contributed by atoms with E-state index in [0.717, 1.165) is 41.8 Å². The number of anilines is 2. The first-order chi connectivity index (χ1) is 13.8. The number of hydrogen-bond donors (Lipinski definition) is 2. The Morgan fingerprint density at radius 2 is 1.86 bits per heavy atom. The van der Waals surface area contributed by atoms with Gasteiger partial charge in [0.1, 0.15) is 16.6 Å². The van der Waals surface area contributed by atoms with E-state index in [9.17, 15) is 23.2 Å². The maximum Gasteiger partial charge on any atom is 0.342 e. The van der Waals surface area contributed by atoms with Crippen molar-refractivity contribution in [3.05, 3.63) is 45.8 Å². The highest BCUT2D eigenvalue weighted by Crippen LogP contribution is 2.38. The average molecular weight is 422 g/mol. The van der Waals surface area contributed by atoms with Crippen LogP contribution in [0.2, 0.25) is 0 Å². The summed E-state index contributed by atoms with van der Waals surface area (Å²) in [5.74, 6) is -3.50. The number of fused-ring (bicyclic) bond motifs is 1. The lowest BCUT2D eigenvalue weighted by Crippen LogP contribution is -2.30. The normalized spacial score (nSPS) is 13.9. The summed E-state index contributed by atoms with van der Waals surface area (Å²) in [6.07, 6.45) is 2.21. The second kappa shape index (κ2) is 8.69. The maximum absolute atomic E-state index is 13.7. The SMILES string of the molecule is CC(=O)Nc1sc2c(c1C(=O)OC(C)C(=O)Nc1ccc(F)cc1F)CCCC2. The lowest BCUT2D eigenvalue weighted by atomic mass is 9.95. The zero-order chi connectivity index (χ0) is 21.1. The summed E-state index contributed by atoms with van der Waals surface area (Å²) in [5, 5.41) is 5.34. The van der Waals surface area contributed by atoms with E-state index in [-0.39, 0.29) is 17.2 Å². The van der Waals surface area contributed by atoms with E-state index in [0.29, 0.717) is 17.5 Å². The van der Waals surface area contributed by atoms with Crippen molar-refractivity contribution in [1.29, 1.82) is 0 Å². The van der Waals surface area contributed by atoms with Crippen LogP contribution in [0.1, 0.15) is 47.5 Å². The first-order valence-corrected chi connectivity index (χ1v) is 9.97. The Morgan fingerprint density at radius 3 is 2.55 bits per heavy atom. The lowest BCUT2D eigenvalue weighted by molar-refractivity contribution is -0.123. The molecular weight excluding hydrogens is 402 g/mol. The number of rotatable bonds is 5. The Morgan fingerprint density at radius 1 is 1.14 bits per heavy atom. The summed E-state index contributed by atoms with van der Waals surface area (Å²) in [4.78, 5) is 37.6. The molecule has 2 N–H and O–H groups in total. The monoisotopic (exact) mass is 422 g/mol. The average Bonchev–Trinajstić information content (AvgIpc) is 3.00. The van der Waals surface area contributed by atoms with Crippen LogP contribution in [0.3, 0.4) is 0 Å². The van der Waals surface area contributed by atoms with E-state index in [2.05, 4.69) is 10.6 Å². The van der Waals surface area contributed by atoms with Gasteiger partial charge < -0.3 is 15.4 Å². The molecule has 1 aromatic carbocycles. The number of carbonyl (C=O) groups excluding carboxylic acids is 3. The van der Waals surface area contributed by atoms with Gasteiger partial charge in [0.05, 0.1) is 11.3 Å². The van der Waals surface area contributed by atoms with E-state index in [1.807, 2.05) is 0 Å². The first kappa shape index (κ1) is 20.9. The second-order valence-corrected chi connectivity index (χ2v) is 7.86. The molecule has 0 bridgehead atoms. The number of benzene rings is 1. The molecule has 1 aliphatic rings. The third-order valence-electron chi connectivity index (χ3n) is 4.51. The van der Waals surface area contributed by atoms with Crippen molar-refractivity contribution in [2.75, 3.05) is 10.6 Å². The molecule has 0 saturated carbocycles. The van der Waals surface area contributed by atoms with Crippen molar-refractivity contribution in [3.63, 3.8) is 0 Å². The van der Waals surface area contributed by atoms with E-state index in [4.69, 9.17) is 4.74 Å². The number of thiophene rings is 1. The summed E-state index contributed by atoms with van der Waals surface area (Å²) in [5.41, 5.74) is 0.894. The van der Waals surface area contributed by atoms with Gasteiger partial charge in [-0.1, -0.05) is 0 Å². The minimum Gasteiger partial charge on any atom is -0.449 e. The molecule has 1 unspecified atom stereocenters. The molecule has 1 heterocycles. The lowest BCUT2D eigenvalue weighted by Gasteiger charge is -2.16. The largest absolute Gasteiger partial charge is 0.449 e. The zero-order valence-electron chi connectivity index (χ0n) is 15.9. The molecule has 0 aliphatic heterocycles. The van der Waals surface area contributed by atoms with Crippen molar-refractivity contribution in [2.45, 2.75) is 45.6 Å². The van der Waals surface area contributed by atoms with Crippen molar-refractivity contribution >= 4 is 39.8 Å². The van der Waals surface area contributed by atoms with Gasteiger partial charge in [0.15, 0.2) is 6.10 Å².